The molecule has 186 valence electrons. The fraction of sp³-hybridized carbons (Fsp3) is 0.250. The Labute approximate surface area is 215 Å². The molecule has 0 radical (unpaired) electrons. The minimum absolute atomic E-state index is 0.166. The maximum absolute atomic E-state index is 13.8. The van der Waals surface area contributed by atoms with Crippen molar-refractivity contribution >= 4 is 35.2 Å². The number of halogens is 1. The SMILES string of the molecule is O=C(O)C[C@H]1Cc2ccccc2CN1C(=O)[C@H](CCc1ccccc1)NC(=O)Nc1cccc(Cl)c1. The van der Waals surface area contributed by atoms with Gasteiger partial charge >= 0.3 is 12.0 Å². The van der Waals surface area contributed by atoms with Crippen LogP contribution in [-0.4, -0.2) is 40.0 Å². The van der Waals surface area contributed by atoms with Crippen LogP contribution >= 0.6 is 11.6 Å². The maximum Gasteiger partial charge on any atom is 0.319 e. The van der Waals surface area contributed by atoms with Crippen molar-refractivity contribution in [1.29, 1.82) is 0 Å². The van der Waals surface area contributed by atoms with E-state index in [2.05, 4.69) is 10.6 Å². The molecule has 4 rings (SSSR count). The first-order chi connectivity index (χ1) is 17.4. The largest absolute Gasteiger partial charge is 0.481 e. The lowest BCUT2D eigenvalue weighted by molar-refractivity contribution is -0.142. The molecular weight excluding hydrogens is 478 g/mol. The van der Waals surface area contributed by atoms with Crippen molar-refractivity contribution in [2.75, 3.05) is 5.32 Å². The van der Waals surface area contributed by atoms with Crippen molar-refractivity contribution < 1.29 is 19.5 Å². The Bertz CT molecular complexity index is 1230. The summed E-state index contributed by atoms with van der Waals surface area (Å²) in [4.78, 5) is 39.9. The van der Waals surface area contributed by atoms with Crippen molar-refractivity contribution in [3.8, 4) is 0 Å². The predicted molar refractivity (Wildman–Crippen MR) is 139 cm³/mol. The fourth-order valence-corrected chi connectivity index (χ4v) is 4.72. The molecule has 3 N–H and O–H groups in total. The van der Waals surface area contributed by atoms with Gasteiger partial charge in [0.2, 0.25) is 5.91 Å². The van der Waals surface area contributed by atoms with Gasteiger partial charge in [0.15, 0.2) is 0 Å². The van der Waals surface area contributed by atoms with E-state index in [1.807, 2.05) is 54.6 Å². The molecule has 1 aliphatic heterocycles. The number of nitrogens with one attached hydrogen (secondary N) is 2. The van der Waals surface area contributed by atoms with E-state index >= 15 is 0 Å². The monoisotopic (exact) mass is 505 g/mol. The Morgan fingerprint density at radius 2 is 1.69 bits per heavy atom. The molecule has 8 heteroatoms. The summed E-state index contributed by atoms with van der Waals surface area (Å²) < 4.78 is 0. The zero-order valence-electron chi connectivity index (χ0n) is 19.7. The van der Waals surface area contributed by atoms with E-state index in [0.717, 1.165) is 16.7 Å². The Balaban J connectivity index is 1.55. The van der Waals surface area contributed by atoms with Crippen molar-refractivity contribution in [2.45, 2.75) is 44.3 Å². The Morgan fingerprint density at radius 3 is 2.42 bits per heavy atom. The van der Waals surface area contributed by atoms with Gasteiger partial charge in [0, 0.05) is 23.3 Å². The summed E-state index contributed by atoms with van der Waals surface area (Å²) in [5.41, 5.74) is 3.57. The number of carbonyl (C=O) groups excluding carboxylic acids is 2. The van der Waals surface area contributed by atoms with Gasteiger partial charge in [0.25, 0.3) is 0 Å². The van der Waals surface area contributed by atoms with Crippen LogP contribution < -0.4 is 10.6 Å². The van der Waals surface area contributed by atoms with E-state index in [9.17, 15) is 19.5 Å². The van der Waals surface area contributed by atoms with E-state index in [1.54, 1.807) is 29.2 Å². The highest BCUT2D eigenvalue weighted by atomic mass is 35.5. The zero-order chi connectivity index (χ0) is 25.5. The van der Waals surface area contributed by atoms with Crippen LogP contribution in [0.3, 0.4) is 0 Å². The van der Waals surface area contributed by atoms with Gasteiger partial charge in [-0.3, -0.25) is 9.59 Å². The highest BCUT2D eigenvalue weighted by Gasteiger charge is 2.35. The number of rotatable bonds is 8. The number of anilines is 1. The molecule has 0 unspecified atom stereocenters. The lowest BCUT2D eigenvalue weighted by Crippen LogP contribution is -2.54. The van der Waals surface area contributed by atoms with Crippen LogP contribution in [0, 0.1) is 0 Å². The zero-order valence-corrected chi connectivity index (χ0v) is 20.4. The van der Waals surface area contributed by atoms with Gasteiger partial charge in [0.1, 0.15) is 6.04 Å². The van der Waals surface area contributed by atoms with Crippen molar-refractivity contribution in [3.05, 3.63) is 101 Å². The second-order valence-electron chi connectivity index (χ2n) is 8.88. The smallest absolute Gasteiger partial charge is 0.319 e. The van der Waals surface area contributed by atoms with E-state index in [-0.39, 0.29) is 12.3 Å². The second-order valence-corrected chi connectivity index (χ2v) is 9.31. The van der Waals surface area contributed by atoms with Gasteiger partial charge < -0.3 is 20.6 Å². The molecule has 3 aromatic rings. The number of aliphatic carboxylic acids is 1. The van der Waals surface area contributed by atoms with E-state index in [0.29, 0.717) is 36.5 Å². The minimum atomic E-state index is -0.968. The molecule has 1 aliphatic rings. The highest BCUT2D eigenvalue weighted by Crippen LogP contribution is 2.26. The number of benzene rings is 3. The average Bonchev–Trinajstić information content (AvgIpc) is 2.86. The Hall–Kier alpha value is -3.84. The predicted octanol–water partition coefficient (Wildman–Crippen LogP) is 4.89. The summed E-state index contributed by atoms with van der Waals surface area (Å²) in [6.07, 6.45) is 1.22. The standard InChI is InChI=1S/C28H28ClN3O4/c29-22-11-6-12-23(16-22)30-28(36)31-25(14-13-19-7-2-1-3-8-19)27(35)32-18-21-10-5-4-9-20(21)15-24(32)17-26(33)34/h1-12,16,24-25H,13-15,17-18H2,(H,33,34)(H2,30,31,36)/t24-,25+/m1/s1. The van der Waals surface area contributed by atoms with E-state index in [4.69, 9.17) is 11.6 Å². The van der Waals surface area contributed by atoms with Crippen molar-refractivity contribution in [2.24, 2.45) is 0 Å². The molecule has 3 amide bonds. The van der Waals surface area contributed by atoms with Crippen molar-refractivity contribution in [1.82, 2.24) is 10.2 Å². The number of hydrogen-bond donors (Lipinski definition) is 3. The number of hydrogen-bond acceptors (Lipinski definition) is 3. The van der Waals surface area contributed by atoms with Crippen LogP contribution in [0.1, 0.15) is 29.5 Å². The number of carboxylic acid groups (broad SMARTS) is 1. The molecule has 36 heavy (non-hydrogen) atoms. The lowest BCUT2D eigenvalue weighted by Gasteiger charge is -2.38. The number of nitrogens with zero attached hydrogens (tertiary/aromatic N) is 1. The van der Waals surface area contributed by atoms with Crippen LogP contribution in [0.15, 0.2) is 78.9 Å². The first kappa shape index (κ1) is 25.3. The van der Waals surface area contributed by atoms with E-state index in [1.165, 1.54) is 0 Å². The van der Waals surface area contributed by atoms with Crippen LogP contribution in [0.25, 0.3) is 0 Å². The molecular formula is C28H28ClN3O4. The molecule has 2 atom stereocenters. The summed E-state index contributed by atoms with van der Waals surface area (Å²) in [6, 6.07) is 22.3. The highest BCUT2D eigenvalue weighted by molar-refractivity contribution is 6.30. The summed E-state index contributed by atoms with van der Waals surface area (Å²) in [6.45, 7) is 0.298. The third-order valence-electron chi connectivity index (χ3n) is 6.30. The Morgan fingerprint density at radius 1 is 0.972 bits per heavy atom. The molecule has 0 fully saturated rings. The summed E-state index contributed by atoms with van der Waals surface area (Å²) in [5.74, 6) is -1.27. The van der Waals surface area contributed by atoms with Gasteiger partial charge in [-0.05, 0) is 54.2 Å². The van der Waals surface area contributed by atoms with Crippen LogP contribution in [0.4, 0.5) is 10.5 Å². The minimum Gasteiger partial charge on any atom is -0.481 e. The number of carbonyl (C=O) groups is 3. The molecule has 1 heterocycles. The third-order valence-corrected chi connectivity index (χ3v) is 6.53. The molecule has 0 aliphatic carbocycles. The number of aryl methyl sites for hydroxylation is 1. The number of fused-ring (bicyclic) bond motifs is 1. The quantitative estimate of drug-likeness (QED) is 0.406. The summed E-state index contributed by atoms with van der Waals surface area (Å²) >= 11 is 6.02. The molecule has 0 saturated carbocycles. The van der Waals surface area contributed by atoms with Gasteiger partial charge in [-0.15, -0.1) is 0 Å². The van der Waals surface area contributed by atoms with E-state index < -0.39 is 24.1 Å². The molecule has 0 saturated heterocycles. The van der Waals surface area contributed by atoms with Crippen LogP contribution in [0.2, 0.25) is 5.02 Å². The molecule has 0 spiro atoms. The number of carboxylic acids is 1. The first-order valence-corrected chi connectivity index (χ1v) is 12.2. The summed E-state index contributed by atoms with van der Waals surface area (Å²) in [5, 5.41) is 15.5. The van der Waals surface area contributed by atoms with Gasteiger partial charge in [-0.25, -0.2) is 4.79 Å². The lowest BCUT2D eigenvalue weighted by atomic mass is 9.91. The third kappa shape index (κ3) is 6.64. The van der Waals surface area contributed by atoms with Crippen molar-refractivity contribution in [3.63, 3.8) is 0 Å². The first-order valence-electron chi connectivity index (χ1n) is 11.8. The number of urea groups is 1. The second kappa shape index (κ2) is 11.7. The molecule has 0 bridgehead atoms. The number of amides is 3. The van der Waals surface area contributed by atoms with Gasteiger partial charge in [0.05, 0.1) is 6.42 Å². The molecule has 0 aromatic heterocycles. The normalized spacial score (nSPS) is 15.5. The maximum atomic E-state index is 13.8. The summed E-state index contributed by atoms with van der Waals surface area (Å²) in [7, 11) is 0. The average molecular weight is 506 g/mol. The topological polar surface area (TPSA) is 98.7 Å². The van der Waals surface area contributed by atoms with Crippen LogP contribution in [0.5, 0.6) is 0 Å². The van der Waals surface area contributed by atoms with Crippen LogP contribution in [-0.2, 0) is 29.0 Å². The molecule has 3 aromatic carbocycles. The van der Waals surface area contributed by atoms with Gasteiger partial charge in [-0.2, -0.15) is 0 Å². The Kier molecular flexibility index (Phi) is 8.23. The molecule has 7 nitrogen and oxygen atoms in total. The van der Waals surface area contributed by atoms with Gasteiger partial charge in [-0.1, -0.05) is 72.3 Å². The fourth-order valence-electron chi connectivity index (χ4n) is 4.53.